The summed E-state index contributed by atoms with van der Waals surface area (Å²) in [5.41, 5.74) is 5.98. The summed E-state index contributed by atoms with van der Waals surface area (Å²) in [7, 11) is 0. The summed E-state index contributed by atoms with van der Waals surface area (Å²) in [6.45, 7) is 6.45. The number of benzene rings is 1. The lowest BCUT2D eigenvalue weighted by Crippen LogP contribution is -2.59. The minimum atomic E-state index is -1.09. The van der Waals surface area contributed by atoms with Crippen LogP contribution in [0.3, 0.4) is 0 Å². The number of amides is 4. The lowest BCUT2D eigenvalue weighted by Gasteiger charge is -2.37. The molecule has 0 aromatic heterocycles. The van der Waals surface area contributed by atoms with Gasteiger partial charge in [0.25, 0.3) is 5.91 Å². The second kappa shape index (κ2) is 11.9. The minimum Gasteiger partial charge on any atom is -0.363 e. The van der Waals surface area contributed by atoms with Gasteiger partial charge in [0.1, 0.15) is 12.1 Å². The quantitative estimate of drug-likeness (QED) is 0.371. The number of carbonyl (C=O) groups excluding carboxylic acids is 5. The number of nitrogens with one attached hydrogen (secondary N) is 2. The number of carbonyl (C=O) groups is 5. The molecule has 4 rings (SSSR count). The Kier molecular flexibility index (Phi) is 8.76. The summed E-state index contributed by atoms with van der Waals surface area (Å²) in [5, 5.41) is 5.78. The third kappa shape index (κ3) is 6.17. The van der Waals surface area contributed by atoms with Gasteiger partial charge in [0.2, 0.25) is 23.5 Å². The molecule has 0 radical (unpaired) electrons. The van der Waals surface area contributed by atoms with Crippen LogP contribution in [0.5, 0.6) is 0 Å². The monoisotopic (exact) mass is 538 g/mol. The number of Topliss-reactive ketones (excluding diaryl/α,β-unsaturated/α-hetero) is 1. The SMILES string of the molecule is CCCC(NC(=O)[C@@H]1C2C(CN1C(=O)[C@@H](NC(=O)Cc1ccccc1)C1CCCCC1)C2(C)C)C(=O)C(N)=O. The molecular formula is C30H42N4O5. The molecule has 2 aliphatic carbocycles. The van der Waals surface area contributed by atoms with Gasteiger partial charge in [0.05, 0.1) is 12.5 Å². The van der Waals surface area contributed by atoms with E-state index in [4.69, 9.17) is 5.73 Å². The van der Waals surface area contributed by atoms with Gasteiger partial charge < -0.3 is 21.3 Å². The van der Waals surface area contributed by atoms with Crippen LogP contribution in [-0.4, -0.2) is 59.0 Å². The van der Waals surface area contributed by atoms with Crippen LogP contribution in [0.15, 0.2) is 30.3 Å². The Morgan fingerprint density at radius 3 is 2.31 bits per heavy atom. The zero-order valence-corrected chi connectivity index (χ0v) is 23.3. The van der Waals surface area contributed by atoms with Crippen molar-refractivity contribution in [2.75, 3.05) is 6.54 Å². The number of rotatable bonds is 11. The zero-order valence-electron chi connectivity index (χ0n) is 23.3. The van der Waals surface area contributed by atoms with Crippen LogP contribution in [0.25, 0.3) is 0 Å². The van der Waals surface area contributed by atoms with E-state index < -0.39 is 35.7 Å². The second-order valence-corrected chi connectivity index (χ2v) is 12.1. The molecular weight excluding hydrogens is 496 g/mol. The molecule has 9 heteroatoms. The largest absolute Gasteiger partial charge is 0.363 e. The molecule has 2 saturated carbocycles. The number of primary amides is 1. The van der Waals surface area contributed by atoms with E-state index in [-0.39, 0.29) is 47.8 Å². The molecule has 9 nitrogen and oxygen atoms in total. The molecule has 1 heterocycles. The van der Waals surface area contributed by atoms with Gasteiger partial charge in [-0.1, -0.05) is 76.8 Å². The van der Waals surface area contributed by atoms with Gasteiger partial charge in [0.15, 0.2) is 0 Å². The molecule has 0 spiro atoms. The lowest BCUT2D eigenvalue weighted by atomic mass is 9.83. The first kappa shape index (κ1) is 28.8. The van der Waals surface area contributed by atoms with Crippen LogP contribution >= 0.6 is 0 Å². The average molecular weight is 539 g/mol. The Morgan fingerprint density at radius 1 is 1.03 bits per heavy atom. The molecule has 1 aromatic rings. The lowest BCUT2D eigenvalue weighted by molar-refractivity contribution is -0.145. The maximum atomic E-state index is 14.2. The Hall–Kier alpha value is -3.23. The Balaban J connectivity index is 1.55. The number of hydrogen-bond acceptors (Lipinski definition) is 5. The molecule has 1 aromatic carbocycles. The molecule has 39 heavy (non-hydrogen) atoms. The first-order valence-electron chi connectivity index (χ1n) is 14.3. The highest BCUT2D eigenvalue weighted by Gasteiger charge is 2.69. The fourth-order valence-electron chi connectivity index (χ4n) is 6.83. The van der Waals surface area contributed by atoms with Gasteiger partial charge in [-0.05, 0) is 48.0 Å². The molecule has 3 fully saturated rings. The maximum Gasteiger partial charge on any atom is 0.287 e. The van der Waals surface area contributed by atoms with E-state index in [9.17, 15) is 24.0 Å². The maximum absolute atomic E-state index is 14.2. The number of hydrogen-bond donors (Lipinski definition) is 3. The summed E-state index contributed by atoms with van der Waals surface area (Å²) in [6.07, 6.45) is 5.83. The van der Waals surface area contributed by atoms with Crippen molar-refractivity contribution < 1.29 is 24.0 Å². The van der Waals surface area contributed by atoms with Gasteiger partial charge in [-0.2, -0.15) is 0 Å². The second-order valence-electron chi connectivity index (χ2n) is 12.1. The van der Waals surface area contributed by atoms with E-state index in [1.165, 1.54) is 0 Å². The summed E-state index contributed by atoms with van der Waals surface area (Å²) >= 11 is 0. The molecule has 1 aliphatic heterocycles. The van der Waals surface area contributed by atoms with Crippen molar-refractivity contribution in [3.8, 4) is 0 Å². The third-order valence-electron chi connectivity index (χ3n) is 9.12. The van der Waals surface area contributed by atoms with E-state index in [1.807, 2.05) is 37.3 Å². The van der Waals surface area contributed by atoms with Gasteiger partial charge in [-0.15, -0.1) is 0 Å². The van der Waals surface area contributed by atoms with Gasteiger partial charge >= 0.3 is 0 Å². The van der Waals surface area contributed by atoms with Crippen LogP contribution < -0.4 is 16.4 Å². The number of nitrogens with zero attached hydrogens (tertiary/aromatic N) is 1. The van der Waals surface area contributed by atoms with Crippen molar-refractivity contribution in [2.24, 2.45) is 28.9 Å². The molecule has 212 valence electrons. The Bertz CT molecular complexity index is 1100. The van der Waals surface area contributed by atoms with Crippen molar-refractivity contribution in [1.29, 1.82) is 0 Å². The minimum absolute atomic E-state index is 0.00361. The van der Waals surface area contributed by atoms with Crippen LogP contribution in [0.4, 0.5) is 0 Å². The van der Waals surface area contributed by atoms with E-state index in [2.05, 4.69) is 24.5 Å². The fourth-order valence-corrected chi connectivity index (χ4v) is 6.83. The summed E-state index contributed by atoms with van der Waals surface area (Å²) in [6, 6.07) is 6.92. The molecule has 5 atom stereocenters. The first-order valence-corrected chi connectivity index (χ1v) is 14.3. The zero-order chi connectivity index (χ0) is 28.3. The van der Waals surface area contributed by atoms with Crippen LogP contribution in [0.1, 0.15) is 71.3 Å². The van der Waals surface area contributed by atoms with E-state index in [0.29, 0.717) is 13.0 Å². The van der Waals surface area contributed by atoms with Gasteiger partial charge in [-0.3, -0.25) is 24.0 Å². The molecule has 4 amide bonds. The normalized spacial score (nSPS) is 25.2. The molecule has 1 saturated heterocycles. The van der Waals surface area contributed by atoms with Crippen LogP contribution in [0.2, 0.25) is 0 Å². The van der Waals surface area contributed by atoms with Gasteiger partial charge in [-0.25, -0.2) is 0 Å². The summed E-state index contributed by atoms with van der Waals surface area (Å²) in [4.78, 5) is 66.5. The third-order valence-corrected chi connectivity index (χ3v) is 9.12. The van der Waals surface area contributed by atoms with Crippen LogP contribution in [-0.2, 0) is 30.4 Å². The van der Waals surface area contributed by atoms with Crippen molar-refractivity contribution in [3.05, 3.63) is 35.9 Å². The van der Waals surface area contributed by atoms with Crippen molar-refractivity contribution in [1.82, 2.24) is 15.5 Å². The number of ketones is 1. The molecule has 0 bridgehead atoms. The van der Waals surface area contributed by atoms with Crippen molar-refractivity contribution in [2.45, 2.75) is 90.3 Å². The number of piperidine rings is 1. The predicted octanol–water partition coefficient (Wildman–Crippen LogP) is 2.12. The topological polar surface area (TPSA) is 139 Å². The number of nitrogens with two attached hydrogens (primary N) is 1. The number of fused-ring (bicyclic) bond motifs is 1. The molecule has 3 aliphatic rings. The predicted molar refractivity (Wildman–Crippen MR) is 146 cm³/mol. The van der Waals surface area contributed by atoms with Crippen LogP contribution in [0, 0.1) is 23.2 Å². The summed E-state index contributed by atoms with van der Waals surface area (Å²) < 4.78 is 0. The average Bonchev–Trinajstić information content (AvgIpc) is 3.24. The van der Waals surface area contributed by atoms with Crippen molar-refractivity contribution in [3.63, 3.8) is 0 Å². The fraction of sp³-hybridized carbons (Fsp3) is 0.633. The Morgan fingerprint density at radius 2 is 1.69 bits per heavy atom. The smallest absolute Gasteiger partial charge is 0.287 e. The Labute approximate surface area is 230 Å². The van der Waals surface area contributed by atoms with Crippen molar-refractivity contribution >= 4 is 29.4 Å². The van der Waals surface area contributed by atoms with E-state index in [0.717, 1.165) is 37.7 Å². The van der Waals surface area contributed by atoms with Gasteiger partial charge in [0, 0.05) is 6.54 Å². The highest BCUT2D eigenvalue weighted by molar-refractivity contribution is 6.37. The van der Waals surface area contributed by atoms with E-state index >= 15 is 0 Å². The summed E-state index contributed by atoms with van der Waals surface area (Å²) in [5.74, 6) is -2.71. The highest BCUT2D eigenvalue weighted by atomic mass is 16.2. The first-order chi connectivity index (χ1) is 18.6. The van der Waals surface area contributed by atoms with E-state index in [1.54, 1.807) is 4.90 Å². The standard InChI is InChI=1S/C30H42N4O5/c1-4-11-21(26(36)27(31)37)32-28(38)25-23-20(30(23,2)3)17-34(25)29(39)24(19-14-9-6-10-15-19)33-22(35)16-18-12-7-5-8-13-18/h5,7-8,12-13,19-21,23-25H,4,6,9-11,14-17H2,1-3H3,(H2,31,37)(H,32,38)(H,33,35)/t20?,21?,23?,24-,25-/m0/s1. The molecule has 4 N–H and O–H groups in total. The molecule has 3 unspecified atom stereocenters. The number of likely N-dealkylation sites (tertiary alicyclic amines) is 1. The highest BCUT2D eigenvalue weighted by Crippen LogP contribution is 2.65.